The Morgan fingerprint density at radius 2 is 1.90 bits per heavy atom. The van der Waals surface area contributed by atoms with Gasteiger partial charge in [-0.3, -0.25) is 4.79 Å². The second-order valence-corrected chi connectivity index (χ2v) is 9.15. The van der Waals surface area contributed by atoms with Gasteiger partial charge in [0.15, 0.2) is 5.16 Å². The largest absolute Gasteiger partial charge is 0.325 e. The first kappa shape index (κ1) is 21.9. The molecule has 158 valence electrons. The molecule has 0 bridgehead atoms. The molecule has 2 aromatic carbocycles. The van der Waals surface area contributed by atoms with Gasteiger partial charge in [-0.15, -0.1) is 10.2 Å². The number of hydrogen-bond donors (Lipinski definition) is 2. The highest BCUT2D eigenvalue weighted by Crippen LogP contribution is 2.17. The molecule has 0 spiro atoms. The molecular formula is C19H20FN5O3S2. The molecule has 0 saturated heterocycles. The van der Waals surface area contributed by atoms with E-state index in [0.717, 1.165) is 17.3 Å². The van der Waals surface area contributed by atoms with E-state index in [1.165, 1.54) is 30.3 Å². The van der Waals surface area contributed by atoms with Gasteiger partial charge in [-0.2, -0.15) is 0 Å². The molecule has 11 heteroatoms. The molecule has 0 unspecified atom stereocenters. The molecule has 0 saturated carbocycles. The number of rotatable bonds is 8. The van der Waals surface area contributed by atoms with Crippen LogP contribution in [0.1, 0.15) is 11.4 Å². The van der Waals surface area contributed by atoms with Crippen molar-refractivity contribution in [2.75, 3.05) is 11.1 Å². The number of nitrogens with zero attached hydrogens (tertiary/aromatic N) is 3. The highest BCUT2D eigenvalue weighted by Gasteiger charge is 2.17. The zero-order chi connectivity index (χ0) is 21.7. The van der Waals surface area contributed by atoms with Crippen LogP contribution in [0.15, 0.2) is 58.6 Å². The minimum atomic E-state index is -3.68. The monoisotopic (exact) mass is 449 g/mol. The molecule has 0 aliphatic heterocycles. The maximum Gasteiger partial charge on any atom is 0.240 e. The van der Waals surface area contributed by atoms with Crippen molar-refractivity contribution in [3.05, 3.63) is 65.7 Å². The fraction of sp³-hybridized carbons (Fsp3) is 0.211. The van der Waals surface area contributed by atoms with Crippen molar-refractivity contribution in [1.29, 1.82) is 0 Å². The van der Waals surface area contributed by atoms with Crippen molar-refractivity contribution in [2.24, 2.45) is 7.05 Å². The Labute approximate surface area is 178 Å². The Bertz CT molecular complexity index is 1150. The van der Waals surface area contributed by atoms with Crippen molar-refractivity contribution >= 4 is 33.4 Å². The van der Waals surface area contributed by atoms with Gasteiger partial charge in [0.05, 0.1) is 17.2 Å². The zero-order valence-electron chi connectivity index (χ0n) is 16.3. The maximum atomic E-state index is 13.2. The molecule has 0 atom stereocenters. The van der Waals surface area contributed by atoms with Gasteiger partial charge in [-0.05, 0) is 37.3 Å². The van der Waals surface area contributed by atoms with E-state index < -0.39 is 15.8 Å². The summed E-state index contributed by atoms with van der Waals surface area (Å²) in [5.41, 5.74) is 1.33. The normalized spacial score (nSPS) is 11.4. The number of hydrogen-bond acceptors (Lipinski definition) is 6. The van der Waals surface area contributed by atoms with E-state index in [-0.39, 0.29) is 23.1 Å². The van der Waals surface area contributed by atoms with Gasteiger partial charge in [0.25, 0.3) is 0 Å². The van der Waals surface area contributed by atoms with E-state index >= 15 is 0 Å². The number of halogens is 1. The van der Waals surface area contributed by atoms with Crippen molar-refractivity contribution < 1.29 is 17.6 Å². The summed E-state index contributed by atoms with van der Waals surface area (Å²) < 4.78 is 42.1. The average Bonchev–Trinajstić information content (AvgIpc) is 3.05. The number of benzene rings is 2. The Balaban J connectivity index is 1.56. The topological polar surface area (TPSA) is 106 Å². The quantitative estimate of drug-likeness (QED) is 0.512. The number of aromatic nitrogens is 3. The lowest BCUT2D eigenvalue weighted by molar-refractivity contribution is -0.113. The predicted molar refractivity (Wildman–Crippen MR) is 112 cm³/mol. The first-order valence-electron chi connectivity index (χ1n) is 8.87. The standard InChI is InChI=1S/C19H20FN5O3S2/c1-13-6-8-16(9-7-13)30(27,28)21-11-17-23-24-19(25(17)2)29-12-18(26)22-15-5-3-4-14(20)10-15/h3-10,21H,11-12H2,1-2H3,(H,22,26). The summed E-state index contributed by atoms with van der Waals surface area (Å²) >= 11 is 1.14. The number of carbonyl (C=O) groups excluding carboxylic acids is 1. The molecule has 2 N–H and O–H groups in total. The minimum absolute atomic E-state index is 0.0393. The lowest BCUT2D eigenvalue weighted by atomic mass is 10.2. The molecule has 0 radical (unpaired) electrons. The number of thioether (sulfide) groups is 1. The molecule has 1 aromatic heterocycles. The van der Waals surface area contributed by atoms with Crippen LogP contribution in [0, 0.1) is 12.7 Å². The number of anilines is 1. The molecule has 3 rings (SSSR count). The third-order valence-corrected chi connectivity index (χ3v) is 6.55. The van der Waals surface area contributed by atoms with E-state index in [4.69, 9.17) is 0 Å². The van der Waals surface area contributed by atoms with Crippen molar-refractivity contribution in [3.63, 3.8) is 0 Å². The van der Waals surface area contributed by atoms with Gasteiger partial charge in [-0.1, -0.05) is 35.5 Å². The van der Waals surface area contributed by atoms with Gasteiger partial charge in [-0.25, -0.2) is 17.5 Å². The molecule has 8 nitrogen and oxygen atoms in total. The van der Waals surface area contributed by atoms with Crippen LogP contribution in [0.25, 0.3) is 0 Å². The van der Waals surface area contributed by atoms with Crippen LogP contribution < -0.4 is 10.0 Å². The molecule has 1 amide bonds. The highest BCUT2D eigenvalue weighted by molar-refractivity contribution is 7.99. The van der Waals surface area contributed by atoms with E-state index in [1.54, 1.807) is 29.8 Å². The van der Waals surface area contributed by atoms with Crippen LogP contribution in [0.5, 0.6) is 0 Å². The number of amides is 1. The van der Waals surface area contributed by atoms with Crippen LogP contribution in [-0.2, 0) is 28.4 Å². The van der Waals surface area contributed by atoms with E-state index in [0.29, 0.717) is 16.7 Å². The molecule has 0 fully saturated rings. The molecule has 30 heavy (non-hydrogen) atoms. The van der Waals surface area contributed by atoms with Crippen molar-refractivity contribution in [1.82, 2.24) is 19.5 Å². The lowest BCUT2D eigenvalue weighted by Gasteiger charge is -2.08. The van der Waals surface area contributed by atoms with Gasteiger partial charge in [0.1, 0.15) is 11.6 Å². The summed E-state index contributed by atoms with van der Waals surface area (Å²) in [6.07, 6.45) is 0. The van der Waals surface area contributed by atoms with Crippen LogP contribution in [-0.4, -0.2) is 34.8 Å². The van der Waals surface area contributed by atoms with Crippen LogP contribution >= 0.6 is 11.8 Å². The number of carbonyl (C=O) groups is 1. The molecular weight excluding hydrogens is 429 g/mol. The predicted octanol–water partition coefficient (Wildman–Crippen LogP) is 2.47. The third kappa shape index (κ3) is 5.65. The van der Waals surface area contributed by atoms with Crippen LogP contribution in [0.4, 0.5) is 10.1 Å². The minimum Gasteiger partial charge on any atom is -0.325 e. The lowest BCUT2D eigenvalue weighted by Crippen LogP contribution is -2.24. The Morgan fingerprint density at radius 1 is 1.17 bits per heavy atom. The van der Waals surface area contributed by atoms with Gasteiger partial charge in [0.2, 0.25) is 15.9 Å². The summed E-state index contributed by atoms with van der Waals surface area (Å²) in [5, 5.41) is 11.0. The summed E-state index contributed by atoms with van der Waals surface area (Å²) in [6, 6.07) is 12.1. The zero-order valence-corrected chi connectivity index (χ0v) is 17.9. The number of nitrogens with one attached hydrogen (secondary N) is 2. The van der Waals surface area contributed by atoms with Gasteiger partial charge >= 0.3 is 0 Å². The number of sulfonamides is 1. The molecule has 1 heterocycles. The first-order valence-corrected chi connectivity index (χ1v) is 11.3. The van der Waals surface area contributed by atoms with E-state index in [2.05, 4.69) is 20.2 Å². The second-order valence-electron chi connectivity index (χ2n) is 6.44. The van der Waals surface area contributed by atoms with Crippen molar-refractivity contribution in [2.45, 2.75) is 23.5 Å². The summed E-state index contributed by atoms with van der Waals surface area (Å²) in [5.74, 6) is -0.321. The summed E-state index contributed by atoms with van der Waals surface area (Å²) in [7, 11) is -2.00. The SMILES string of the molecule is Cc1ccc(S(=O)(=O)NCc2nnc(SCC(=O)Nc3cccc(F)c3)n2C)cc1. The first-order chi connectivity index (χ1) is 14.2. The second kappa shape index (κ2) is 9.37. The van der Waals surface area contributed by atoms with Crippen LogP contribution in [0.2, 0.25) is 0 Å². The fourth-order valence-corrected chi connectivity index (χ4v) is 4.19. The molecule has 0 aliphatic carbocycles. The van der Waals surface area contributed by atoms with Crippen molar-refractivity contribution in [3.8, 4) is 0 Å². The highest BCUT2D eigenvalue weighted by atomic mass is 32.2. The van der Waals surface area contributed by atoms with Gasteiger partial charge < -0.3 is 9.88 Å². The van der Waals surface area contributed by atoms with Crippen LogP contribution in [0.3, 0.4) is 0 Å². The smallest absolute Gasteiger partial charge is 0.240 e. The Morgan fingerprint density at radius 3 is 2.60 bits per heavy atom. The maximum absolute atomic E-state index is 13.2. The van der Waals surface area contributed by atoms with Gasteiger partial charge in [0, 0.05) is 12.7 Å². The fourth-order valence-electron chi connectivity index (χ4n) is 2.48. The molecule has 3 aromatic rings. The summed E-state index contributed by atoms with van der Waals surface area (Å²) in [6.45, 7) is 1.83. The Hall–Kier alpha value is -2.76. The third-order valence-electron chi connectivity index (χ3n) is 4.12. The van der Waals surface area contributed by atoms with E-state index in [1.807, 2.05) is 6.92 Å². The summed E-state index contributed by atoms with van der Waals surface area (Å²) in [4.78, 5) is 12.2. The average molecular weight is 450 g/mol. The number of aryl methyl sites for hydroxylation is 1. The van der Waals surface area contributed by atoms with E-state index in [9.17, 15) is 17.6 Å². The molecule has 0 aliphatic rings. The Kier molecular flexibility index (Phi) is 6.85.